The fourth-order valence-corrected chi connectivity index (χ4v) is 5.57. The molecule has 0 amide bonds. The van der Waals surface area contributed by atoms with E-state index in [2.05, 4.69) is 63.2 Å². The van der Waals surface area contributed by atoms with Crippen molar-refractivity contribution in [2.45, 2.75) is 126 Å². The van der Waals surface area contributed by atoms with E-state index in [1.54, 1.807) is 79.7 Å². The molecule has 0 aromatic heterocycles. The molecule has 8 nitrogen and oxygen atoms in total. The number of aliphatic hydroxyl groups excluding tert-OH is 2. The van der Waals surface area contributed by atoms with Crippen molar-refractivity contribution in [3.05, 3.63) is 242 Å². The summed E-state index contributed by atoms with van der Waals surface area (Å²) in [5.74, 6) is 0.334. The molecule has 0 saturated heterocycles. The van der Waals surface area contributed by atoms with Crippen molar-refractivity contribution in [2.24, 2.45) is 5.73 Å². The summed E-state index contributed by atoms with van der Waals surface area (Å²) in [4.78, 5) is 41.8. The summed E-state index contributed by atoms with van der Waals surface area (Å²) in [6.07, 6.45) is 10.8. The summed E-state index contributed by atoms with van der Waals surface area (Å²) in [5.41, 5.74) is 11.2. The number of carbonyl (C=O) groups excluding carboxylic acids is 4. The standard InChI is InChI=1S/C10H14N.2C10H13O.C10H11O.C10H9O.C8H7O.C2H4O.CH4.2CH3.K.H2O.6Y/c5*1-2-6-10(11)9-7-4-3-5-8-9;1-7(9)8-5-3-2-4-6-8;1-2-3;;;;;;;;;;;/h3-4,7-8,10H,2,6,11H2,1H3;2*3-4,7-8,10-11H,2,6H2,1H3;3-4,7-8H,2,6H2,1H3;2-4,6-8H,1H3;2-3,5-6H,1H3;2H,1H3;1H4;2*1H3;;1H2;;;;;;/q6*-1;;;2*-1;+1;;;;;;;/p-1/b;;;;6-2+;;;;;;;;;;;;;/t3*10-;;;;;;;;;;;;;;;/m100.............../s1. The number of rotatable bonds is 15. The number of aliphatic hydroxyl groups is 2. The maximum Gasteiger partial charge on any atom is 1.00 e. The molecule has 15 heteroatoms. The smallest absolute Gasteiger partial charge is 0.870 e. The Morgan fingerprint density at radius 3 is 1.09 bits per heavy atom. The van der Waals surface area contributed by atoms with Gasteiger partial charge in [-0.1, -0.05) is 77.2 Å². The molecule has 0 aliphatic carbocycles. The minimum atomic E-state index is -0.308. The molecule has 0 heterocycles. The molecule has 408 valence electrons. The van der Waals surface area contributed by atoms with E-state index in [0.29, 0.717) is 12.0 Å². The van der Waals surface area contributed by atoms with Crippen molar-refractivity contribution in [1.29, 1.82) is 0 Å². The van der Waals surface area contributed by atoms with Crippen molar-refractivity contribution in [3.8, 4) is 0 Å². The quantitative estimate of drug-likeness (QED) is 0.0301. The Labute approximate surface area is 667 Å². The fourth-order valence-electron chi connectivity index (χ4n) is 5.57. The van der Waals surface area contributed by atoms with Crippen molar-refractivity contribution < 1.29 is 283 Å². The first kappa shape index (κ1) is 108. The number of Topliss-reactive ketones (excluding diaryl/α,β-unsaturated/α-hetero) is 2. The average Bonchev–Trinajstić information content (AvgIpc) is 3.37. The first-order valence-corrected chi connectivity index (χ1v) is 22.9. The van der Waals surface area contributed by atoms with Crippen LogP contribution in [0.5, 0.6) is 0 Å². The molecule has 6 radical (unpaired) electrons. The molecule has 0 fully saturated rings. The van der Waals surface area contributed by atoms with Gasteiger partial charge in [-0.2, -0.15) is 182 Å². The number of ketones is 3. The molecular formula is C63H82KNO7Y6-8. The molecule has 0 aliphatic rings. The van der Waals surface area contributed by atoms with Crippen LogP contribution < -0.4 is 57.1 Å². The van der Waals surface area contributed by atoms with Crippen LogP contribution in [0.4, 0.5) is 0 Å². The molecule has 0 spiro atoms. The van der Waals surface area contributed by atoms with Crippen LogP contribution in [-0.2, 0) is 201 Å². The van der Waals surface area contributed by atoms with Gasteiger partial charge in [0.25, 0.3) is 0 Å². The van der Waals surface area contributed by atoms with Gasteiger partial charge in [-0.15, -0.1) is 16.7 Å². The Morgan fingerprint density at radius 1 is 0.526 bits per heavy atom. The molecule has 6 aromatic carbocycles. The number of hydrogen-bond donors (Lipinski definition) is 3. The van der Waals surface area contributed by atoms with E-state index in [9.17, 15) is 24.6 Å². The Balaban J connectivity index is -0.0000000645. The van der Waals surface area contributed by atoms with Crippen LogP contribution >= 0.6 is 0 Å². The molecule has 5 N–H and O–H groups in total. The van der Waals surface area contributed by atoms with Gasteiger partial charge in [-0.25, -0.2) is 0 Å². The molecular weight excluding hydrogens is 1460 g/mol. The van der Waals surface area contributed by atoms with Gasteiger partial charge >= 0.3 is 51.4 Å². The average molecular weight is 1540 g/mol. The monoisotopic (exact) mass is 1540 g/mol. The van der Waals surface area contributed by atoms with Gasteiger partial charge < -0.3 is 55.5 Å². The van der Waals surface area contributed by atoms with Crippen LogP contribution in [0.1, 0.15) is 173 Å². The van der Waals surface area contributed by atoms with Gasteiger partial charge in [0.1, 0.15) is 23.6 Å². The minimum absolute atomic E-state index is 0. The number of aldehydes is 1. The van der Waals surface area contributed by atoms with E-state index in [1.165, 1.54) is 12.5 Å². The number of allylic oxidation sites excluding steroid dienone is 2. The normalized spacial score (nSPS) is 9.46. The third kappa shape index (κ3) is 58.2. The van der Waals surface area contributed by atoms with E-state index < -0.39 is 0 Å². The van der Waals surface area contributed by atoms with Gasteiger partial charge in [0.2, 0.25) is 0 Å². The summed E-state index contributed by atoms with van der Waals surface area (Å²) in [7, 11) is 0. The first-order chi connectivity index (χ1) is 32.4. The van der Waals surface area contributed by atoms with Crippen molar-refractivity contribution >= 4 is 23.6 Å². The zero-order chi connectivity index (χ0) is 49.9. The van der Waals surface area contributed by atoms with Crippen LogP contribution in [0.25, 0.3) is 0 Å². The van der Waals surface area contributed by atoms with E-state index in [0.717, 1.165) is 73.5 Å². The number of benzene rings is 6. The molecule has 0 saturated carbocycles. The van der Waals surface area contributed by atoms with E-state index >= 15 is 0 Å². The van der Waals surface area contributed by atoms with Crippen LogP contribution in [0.2, 0.25) is 0 Å². The molecule has 0 aliphatic heterocycles. The summed E-state index contributed by atoms with van der Waals surface area (Å²) in [6.45, 7) is 13.1. The van der Waals surface area contributed by atoms with Crippen LogP contribution in [0.15, 0.2) is 158 Å². The second kappa shape index (κ2) is 76.9. The van der Waals surface area contributed by atoms with Crippen molar-refractivity contribution in [2.75, 3.05) is 0 Å². The van der Waals surface area contributed by atoms with E-state index in [4.69, 9.17) is 10.5 Å². The number of carbonyl (C=O) groups is 4. The van der Waals surface area contributed by atoms with Crippen molar-refractivity contribution in [3.63, 3.8) is 0 Å². The maximum atomic E-state index is 11.2. The molecule has 6 aromatic rings. The Bertz CT molecular complexity index is 2040. The fraction of sp³-hybridized carbons (Fsp3) is 0.302. The summed E-state index contributed by atoms with van der Waals surface area (Å²) in [5, 5.41) is 19.0. The predicted molar refractivity (Wildman–Crippen MR) is 295 cm³/mol. The Hall–Kier alpha value is 1.84. The first-order valence-electron chi connectivity index (χ1n) is 22.9. The Kier molecular flexibility index (Phi) is 106. The van der Waals surface area contributed by atoms with E-state index in [-0.39, 0.29) is 311 Å². The maximum absolute atomic E-state index is 11.2. The van der Waals surface area contributed by atoms with Crippen LogP contribution in [0.3, 0.4) is 0 Å². The minimum Gasteiger partial charge on any atom is -0.870 e. The molecule has 6 rings (SSSR count). The topological polar surface area (TPSA) is 165 Å². The molecule has 3 atom stereocenters. The summed E-state index contributed by atoms with van der Waals surface area (Å²) >= 11 is 0. The zero-order valence-electron chi connectivity index (χ0n) is 47.5. The second-order valence-electron chi connectivity index (χ2n) is 14.7. The van der Waals surface area contributed by atoms with Crippen LogP contribution in [0, 0.1) is 51.3 Å². The number of hydrogen-bond acceptors (Lipinski definition) is 8. The van der Waals surface area contributed by atoms with Gasteiger partial charge in [0.15, 0.2) is 0 Å². The summed E-state index contributed by atoms with van der Waals surface area (Å²) in [6, 6.07) is 61.8. The van der Waals surface area contributed by atoms with Crippen LogP contribution in [-0.4, -0.2) is 39.3 Å². The van der Waals surface area contributed by atoms with E-state index in [1.807, 2.05) is 92.7 Å². The molecule has 78 heavy (non-hydrogen) atoms. The number of nitrogens with two attached hydrogens (primary N) is 1. The van der Waals surface area contributed by atoms with Gasteiger partial charge in [-0.3, -0.25) is 0 Å². The summed E-state index contributed by atoms with van der Waals surface area (Å²) < 4.78 is 0. The third-order valence-electron chi connectivity index (χ3n) is 9.04. The molecule has 0 bridgehead atoms. The van der Waals surface area contributed by atoms with Gasteiger partial charge in [-0.05, 0) is 65.0 Å². The molecule has 0 unspecified atom stereocenters. The third-order valence-corrected chi connectivity index (χ3v) is 9.04. The predicted octanol–water partition coefficient (Wildman–Crippen LogP) is 11.9. The van der Waals surface area contributed by atoms with Gasteiger partial charge in [0.05, 0.1) is 0 Å². The zero-order valence-corrected chi connectivity index (χ0v) is 67.6. The van der Waals surface area contributed by atoms with Gasteiger partial charge in [0, 0.05) is 208 Å². The SMILES string of the molecule is C.C/C=C/C(=O)c1c[c-]ccc1.CC(=O)c1c[c-]ccc1.CC=O.CCCC(=O)c1c[c-]ccc1.CCC[C@@H](N)c1c[c-]ccc1.CCC[C@H](O)c1c[c-]ccc1.CCC[C@H](O)c1c[c-]ccc1.[CH3-].[CH3-].[K+].[OH-].[Y].[Y].[Y].[Y].[Y].[Y]. The largest absolute Gasteiger partial charge is 1.00 e. The Morgan fingerprint density at radius 2 is 0.833 bits per heavy atom. The second-order valence-corrected chi connectivity index (χ2v) is 14.7. The van der Waals surface area contributed by atoms with Crippen molar-refractivity contribution in [1.82, 2.24) is 0 Å².